The van der Waals surface area contributed by atoms with Gasteiger partial charge in [-0.2, -0.15) is 0 Å². The molecular weight excluding hydrogens is 230 g/mol. The van der Waals surface area contributed by atoms with Crippen molar-refractivity contribution >= 4 is 17.5 Å². The van der Waals surface area contributed by atoms with E-state index in [-0.39, 0.29) is 0 Å². The van der Waals surface area contributed by atoms with Crippen LogP contribution in [0.25, 0.3) is 0 Å². The fraction of sp³-hybridized carbons (Fsp3) is 0.889. The maximum absolute atomic E-state index is 5.61. The fourth-order valence-electron chi connectivity index (χ4n) is 1.93. The molecule has 7 heteroatoms. The third-order valence-electron chi connectivity index (χ3n) is 2.75. The summed E-state index contributed by atoms with van der Waals surface area (Å²) in [6.45, 7) is 2.50. The summed E-state index contributed by atoms with van der Waals surface area (Å²) in [5.41, 5.74) is 0. The second kappa shape index (κ2) is 5.45. The molecule has 0 spiro atoms. The first-order valence-corrected chi connectivity index (χ1v) is 5.99. The van der Waals surface area contributed by atoms with Crippen LogP contribution in [-0.4, -0.2) is 51.9 Å². The van der Waals surface area contributed by atoms with Gasteiger partial charge < -0.3 is 9.64 Å². The first kappa shape index (κ1) is 11.6. The number of nitrogens with zero attached hydrogens (tertiary/aromatic N) is 5. The van der Waals surface area contributed by atoms with Crippen molar-refractivity contribution in [2.75, 3.05) is 30.5 Å². The minimum absolute atomic E-state index is 0.330. The smallest absolute Gasteiger partial charge is 0.245 e. The Bertz CT molecular complexity index is 323. The number of aromatic nitrogens is 4. The zero-order valence-corrected chi connectivity index (χ0v) is 10.1. The van der Waals surface area contributed by atoms with Gasteiger partial charge >= 0.3 is 0 Å². The van der Waals surface area contributed by atoms with E-state index in [1.807, 2.05) is 7.05 Å². The van der Waals surface area contributed by atoms with E-state index in [1.165, 1.54) is 0 Å². The third kappa shape index (κ3) is 2.62. The van der Waals surface area contributed by atoms with Gasteiger partial charge in [-0.1, -0.05) is 5.10 Å². The Balaban J connectivity index is 1.83. The molecule has 1 aromatic heterocycles. The van der Waals surface area contributed by atoms with Crippen LogP contribution in [0.2, 0.25) is 0 Å². The van der Waals surface area contributed by atoms with Crippen LogP contribution in [0.4, 0.5) is 5.95 Å². The number of hydrogen-bond acceptors (Lipinski definition) is 5. The lowest BCUT2D eigenvalue weighted by Gasteiger charge is -2.31. The molecule has 90 valence electrons. The monoisotopic (exact) mass is 245 g/mol. The Morgan fingerprint density at radius 2 is 2.19 bits per heavy atom. The van der Waals surface area contributed by atoms with Crippen molar-refractivity contribution in [1.29, 1.82) is 0 Å². The molecule has 0 aliphatic carbocycles. The van der Waals surface area contributed by atoms with Gasteiger partial charge in [0.25, 0.3) is 0 Å². The Labute approximate surface area is 99.5 Å². The van der Waals surface area contributed by atoms with Crippen molar-refractivity contribution in [2.24, 2.45) is 7.05 Å². The van der Waals surface area contributed by atoms with Crippen LogP contribution < -0.4 is 4.90 Å². The average molecular weight is 246 g/mol. The van der Waals surface area contributed by atoms with Crippen molar-refractivity contribution in [3.05, 3.63) is 0 Å². The highest BCUT2D eigenvalue weighted by atomic mass is 35.5. The molecular formula is C9H16ClN5O. The maximum atomic E-state index is 5.61. The van der Waals surface area contributed by atoms with E-state index in [2.05, 4.69) is 20.4 Å². The summed E-state index contributed by atoms with van der Waals surface area (Å²) in [7, 11) is 1.85. The largest absolute Gasteiger partial charge is 0.377 e. The van der Waals surface area contributed by atoms with Gasteiger partial charge in [0, 0.05) is 26.0 Å². The highest BCUT2D eigenvalue weighted by Gasteiger charge is 2.22. The van der Waals surface area contributed by atoms with Crippen molar-refractivity contribution in [3.63, 3.8) is 0 Å². The molecule has 0 atom stereocenters. The number of anilines is 1. The lowest BCUT2D eigenvalue weighted by Crippen LogP contribution is -2.38. The molecule has 0 unspecified atom stereocenters. The molecule has 16 heavy (non-hydrogen) atoms. The van der Waals surface area contributed by atoms with Gasteiger partial charge in [-0.3, -0.25) is 0 Å². The van der Waals surface area contributed by atoms with E-state index in [9.17, 15) is 0 Å². The van der Waals surface area contributed by atoms with Crippen molar-refractivity contribution < 1.29 is 4.74 Å². The molecule has 1 aliphatic rings. The van der Waals surface area contributed by atoms with Crippen LogP contribution in [0.3, 0.4) is 0 Å². The second-order valence-electron chi connectivity index (χ2n) is 3.85. The molecule has 0 aromatic carbocycles. The molecule has 0 radical (unpaired) electrons. The molecule has 2 heterocycles. The molecule has 1 fully saturated rings. The topological polar surface area (TPSA) is 56.1 Å². The molecule has 1 aliphatic heterocycles. The molecule has 0 amide bonds. The molecule has 0 saturated carbocycles. The van der Waals surface area contributed by atoms with Crippen molar-refractivity contribution in [3.8, 4) is 0 Å². The number of halogens is 1. The van der Waals surface area contributed by atoms with Crippen LogP contribution in [-0.2, 0) is 11.8 Å². The highest BCUT2D eigenvalue weighted by Crippen LogP contribution is 2.18. The van der Waals surface area contributed by atoms with Crippen LogP contribution in [0, 0.1) is 0 Å². The van der Waals surface area contributed by atoms with E-state index < -0.39 is 0 Å². The summed E-state index contributed by atoms with van der Waals surface area (Å²) >= 11 is 5.59. The van der Waals surface area contributed by atoms with Crippen LogP contribution >= 0.6 is 11.6 Å². The number of tetrazole rings is 1. The molecule has 0 N–H and O–H groups in total. The SMILES string of the molecule is Cn1nnnc1N1CCC(OCCCl)CC1. The first-order valence-electron chi connectivity index (χ1n) is 5.46. The highest BCUT2D eigenvalue weighted by molar-refractivity contribution is 6.17. The minimum Gasteiger partial charge on any atom is -0.377 e. The standard InChI is InChI=1S/C9H16ClN5O/c1-14-9(11-12-13-14)15-5-2-8(3-6-15)16-7-4-10/h8H,2-7H2,1H3. The summed E-state index contributed by atoms with van der Waals surface area (Å²) in [6.07, 6.45) is 2.34. The van der Waals surface area contributed by atoms with E-state index in [4.69, 9.17) is 16.3 Å². The second-order valence-corrected chi connectivity index (χ2v) is 4.23. The lowest BCUT2D eigenvalue weighted by atomic mass is 10.1. The number of ether oxygens (including phenoxy) is 1. The van der Waals surface area contributed by atoms with Gasteiger partial charge in [-0.25, -0.2) is 4.68 Å². The van der Waals surface area contributed by atoms with Gasteiger partial charge in [-0.15, -0.1) is 11.6 Å². The number of rotatable bonds is 4. The van der Waals surface area contributed by atoms with Crippen LogP contribution in [0.5, 0.6) is 0 Å². The third-order valence-corrected chi connectivity index (χ3v) is 2.91. The van der Waals surface area contributed by atoms with E-state index in [0.717, 1.165) is 31.9 Å². The van der Waals surface area contributed by atoms with E-state index in [1.54, 1.807) is 4.68 Å². The van der Waals surface area contributed by atoms with Crippen LogP contribution in [0.1, 0.15) is 12.8 Å². The van der Waals surface area contributed by atoms with Gasteiger partial charge in [0.2, 0.25) is 5.95 Å². The zero-order chi connectivity index (χ0) is 11.4. The van der Waals surface area contributed by atoms with E-state index >= 15 is 0 Å². The summed E-state index contributed by atoms with van der Waals surface area (Å²) in [5, 5.41) is 11.5. The Hall–Kier alpha value is -0.880. The Morgan fingerprint density at radius 3 is 2.75 bits per heavy atom. The molecule has 1 aromatic rings. The quantitative estimate of drug-likeness (QED) is 0.721. The zero-order valence-electron chi connectivity index (χ0n) is 9.34. The average Bonchev–Trinajstić information content (AvgIpc) is 2.74. The van der Waals surface area contributed by atoms with Crippen molar-refractivity contribution in [1.82, 2.24) is 20.2 Å². The summed E-state index contributed by atoms with van der Waals surface area (Å²) in [6, 6.07) is 0. The Kier molecular flexibility index (Phi) is 3.95. The summed E-state index contributed by atoms with van der Waals surface area (Å²) in [4.78, 5) is 2.18. The molecule has 2 rings (SSSR count). The number of aryl methyl sites for hydroxylation is 1. The number of piperidine rings is 1. The normalized spacial score (nSPS) is 18.0. The molecule has 1 saturated heterocycles. The number of alkyl halides is 1. The van der Waals surface area contributed by atoms with E-state index in [0.29, 0.717) is 18.6 Å². The summed E-state index contributed by atoms with van der Waals surface area (Å²) in [5.74, 6) is 1.39. The van der Waals surface area contributed by atoms with Gasteiger partial charge in [0.05, 0.1) is 12.7 Å². The number of hydrogen-bond donors (Lipinski definition) is 0. The molecule has 6 nitrogen and oxygen atoms in total. The van der Waals surface area contributed by atoms with Crippen molar-refractivity contribution in [2.45, 2.75) is 18.9 Å². The van der Waals surface area contributed by atoms with Gasteiger partial charge in [0.1, 0.15) is 0 Å². The summed E-state index contributed by atoms with van der Waals surface area (Å²) < 4.78 is 7.31. The first-order chi connectivity index (χ1) is 7.81. The van der Waals surface area contributed by atoms with Crippen LogP contribution in [0.15, 0.2) is 0 Å². The Morgan fingerprint density at radius 1 is 1.44 bits per heavy atom. The minimum atomic E-state index is 0.330. The predicted molar refractivity (Wildman–Crippen MR) is 60.7 cm³/mol. The lowest BCUT2D eigenvalue weighted by molar-refractivity contribution is 0.0469. The van der Waals surface area contributed by atoms with Gasteiger partial charge in [0.15, 0.2) is 0 Å². The molecule has 0 bridgehead atoms. The maximum Gasteiger partial charge on any atom is 0.245 e. The fourth-order valence-corrected chi connectivity index (χ4v) is 2.02. The van der Waals surface area contributed by atoms with Gasteiger partial charge in [-0.05, 0) is 23.3 Å². The predicted octanol–water partition coefficient (Wildman–Crippen LogP) is 0.434.